The van der Waals surface area contributed by atoms with E-state index in [0.29, 0.717) is 29.6 Å². The fourth-order valence-electron chi connectivity index (χ4n) is 3.45. The Balaban J connectivity index is 0.000000535. The van der Waals surface area contributed by atoms with E-state index < -0.39 is 16.1 Å². The molecule has 0 aromatic heterocycles. The molecule has 2 aromatic rings. The number of carboxylic acid groups (broad SMARTS) is 1. The van der Waals surface area contributed by atoms with Crippen LogP contribution < -0.4 is 4.74 Å². The van der Waals surface area contributed by atoms with Crippen molar-refractivity contribution in [3.05, 3.63) is 57.7 Å². The minimum Gasteiger partial charge on any atom is -0.508 e. The van der Waals surface area contributed by atoms with Gasteiger partial charge in [-0.15, -0.1) is 0 Å². The Labute approximate surface area is 224 Å². The van der Waals surface area contributed by atoms with Crippen LogP contribution in [0.5, 0.6) is 23.0 Å². The molecule has 0 radical (unpaired) electrons. The quantitative estimate of drug-likeness (QED) is 0.108. The predicted molar refractivity (Wildman–Crippen MR) is 145 cm³/mol. The summed E-state index contributed by atoms with van der Waals surface area (Å²) in [5.74, 6) is 0.273. The predicted octanol–water partition coefficient (Wildman–Crippen LogP) is 4.85. The number of phenols is 3. The number of phenolic OH excluding ortho intramolecular Hbond substituents is 3. The Hall–Kier alpha value is -3.57. The van der Waals surface area contributed by atoms with Gasteiger partial charge in [0.1, 0.15) is 23.0 Å². The number of allylic oxidation sites excluding steroid dienone is 1. The number of ether oxygens (including phenoxy) is 1. The third kappa shape index (κ3) is 12.1. The average Bonchev–Trinajstić information content (AvgIpc) is 2.68. The van der Waals surface area contributed by atoms with Crippen LogP contribution in [0.1, 0.15) is 61.9 Å². The highest BCUT2D eigenvalue weighted by Gasteiger charge is 2.36. The highest BCUT2D eigenvalue weighted by molar-refractivity contribution is 7.85. The molecule has 38 heavy (non-hydrogen) atoms. The fraction of sp³-hybridized carbons (Fsp3) is 0.407. The topological polar surface area (TPSA) is 179 Å². The summed E-state index contributed by atoms with van der Waals surface area (Å²) in [5.41, 5.74) is 4.48. The van der Waals surface area contributed by atoms with Gasteiger partial charge in [0.15, 0.2) is 0 Å². The van der Waals surface area contributed by atoms with Gasteiger partial charge >= 0.3 is 11.9 Å². The molecule has 212 valence electrons. The Morgan fingerprint density at radius 1 is 0.921 bits per heavy atom. The van der Waals surface area contributed by atoms with Crippen LogP contribution >= 0.6 is 0 Å². The van der Waals surface area contributed by atoms with E-state index in [1.54, 1.807) is 45.9 Å². The number of esters is 1. The SMILES string of the molecule is CC(C)=CC(=O)O.CS(=O)(=O)O.Cc1cc(O)c(C)c2c1OC(=O)CC2(C)C.Cc1cc(O)c(C)cc1O. The Kier molecular flexibility index (Phi) is 12.5. The Bertz CT molecular complexity index is 1240. The molecular weight excluding hydrogens is 516 g/mol. The molecule has 1 aliphatic heterocycles. The van der Waals surface area contributed by atoms with E-state index in [4.69, 9.17) is 24.6 Å². The fourth-order valence-corrected chi connectivity index (χ4v) is 3.45. The summed E-state index contributed by atoms with van der Waals surface area (Å²) in [6.07, 6.45) is 2.23. The molecule has 10 nitrogen and oxygen atoms in total. The summed E-state index contributed by atoms with van der Waals surface area (Å²) in [7, 11) is -3.67. The van der Waals surface area contributed by atoms with Crippen molar-refractivity contribution in [2.24, 2.45) is 0 Å². The van der Waals surface area contributed by atoms with Gasteiger partial charge in [0, 0.05) is 17.1 Å². The largest absolute Gasteiger partial charge is 0.508 e. The smallest absolute Gasteiger partial charge is 0.328 e. The Morgan fingerprint density at radius 3 is 1.66 bits per heavy atom. The molecule has 0 spiro atoms. The molecule has 0 fully saturated rings. The summed E-state index contributed by atoms with van der Waals surface area (Å²) in [4.78, 5) is 21.2. The van der Waals surface area contributed by atoms with Gasteiger partial charge in [-0.3, -0.25) is 9.35 Å². The number of hydrogen-bond acceptors (Lipinski definition) is 8. The lowest BCUT2D eigenvalue weighted by Crippen LogP contribution is -2.32. The summed E-state index contributed by atoms with van der Waals surface area (Å²) in [6.45, 7) is 14.7. The van der Waals surface area contributed by atoms with Gasteiger partial charge in [0.05, 0.1) is 12.7 Å². The average molecular weight is 555 g/mol. The molecule has 0 saturated carbocycles. The lowest BCUT2D eigenvalue weighted by atomic mass is 9.76. The molecule has 0 amide bonds. The summed E-state index contributed by atoms with van der Waals surface area (Å²) < 4.78 is 31.2. The lowest BCUT2D eigenvalue weighted by Gasteiger charge is -2.33. The maximum atomic E-state index is 11.5. The number of hydrogen-bond donors (Lipinski definition) is 5. The van der Waals surface area contributed by atoms with E-state index in [0.717, 1.165) is 22.3 Å². The zero-order valence-corrected chi connectivity index (χ0v) is 24.0. The number of aromatic hydroxyl groups is 3. The molecule has 3 rings (SSSR count). The van der Waals surface area contributed by atoms with Crippen molar-refractivity contribution >= 4 is 22.1 Å². The van der Waals surface area contributed by atoms with E-state index in [-0.39, 0.29) is 28.6 Å². The summed E-state index contributed by atoms with van der Waals surface area (Å²) >= 11 is 0. The van der Waals surface area contributed by atoms with E-state index in [1.807, 2.05) is 27.7 Å². The number of fused-ring (bicyclic) bond motifs is 1. The van der Waals surface area contributed by atoms with Crippen molar-refractivity contribution in [2.75, 3.05) is 6.26 Å². The van der Waals surface area contributed by atoms with Gasteiger partial charge in [-0.1, -0.05) is 19.4 Å². The van der Waals surface area contributed by atoms with E-state index in [2.05, 4.69) is 0 Å². The third-order valence-electron chi connectivity index (χ3n) is 5.10. The van der Waals surface area contributed by atoms with Gasteiger partial charge in [0.25, 0.3) is 10.1 Å². The van der Waals surface area contributed by atoms with Crippen LogP contribution in [-0.2, 0) is 25.1 Å². The van der Waals surface area contributed by atoms with Crippen molar-refractivity contribution in [1.82, 2.24) is 0 Å². The minimum absolute atomic E-state index is 0.203. The summed E-state index contributed by atoms with van der Waals surface area (Å²) in [5, 5.41) is 36.0. The second-order valence-corrected chi connectivity index (χ2v) is 11.3. The normalized spacial score (nSPS) is 13.1. The molecule has 1 heterocycles. The maximum absolute atomic E-state index is 11.5. The van der Waals surface area contributed by atoms with E-state index in [9.17, 15) is 23.1 Å². The second kappa shape index (κ2) is 13.8. The molecular formula is C27H38O10S. The van der Waals surface area contributed by atoms with Gasteiger partial charge in [-0.05, 0) is 82.0 Å². The van der Waals surface area contributed by atoms with E-state index in [1.165, 1.54) is 6.08 Å². The molecule has 1 aliphatic rings. The van der Waals surface area contributed by atoms with Crippen molar-refractivity contribution in [1.29, 1.82) is 0 Å². The van der Waals surface area contributed by atoms with Crippen molar-refractivity contribution < 1.29 is 47.7 Å². The first-order valence-electron chi connectivity index (χ1n) is 11.4. The first-order chi connectivity index (χ1) is 17.1. The van der Waals surface area contributed by atoms with Gasteiger partial charge in [-0.2, -0.15) is 8.42 Å². The minimum atomic E-state index is -3.67. The molecule has 0 bridgehead atoms. The number of carbonyl (C=O) groups is 2. The maximum Gasteiger partial charge on any atom is 0.328 e. The number of carbonyl (C=O) groups excluding carboxylic acids is 1. The number of aryl methyl sites for hydroxylation is 3. The van der Waals surface area contributed by atoms with Crippen LogP contribution in [0.15, 0.2) is 29.8 Å². The number of rotatable bonds is 1. The van der Waals surface area contributed by atoms with Crippen molar-refractivity contribution in [3.8, 4) is 23.0 Å². The first kappa shape index (κ1) is 34.4. The highest BCUT2D eigenvalue weighted by atomic mass is 32.2. The van der Waals surface area contributed by atoms with Crippen LogP contribution in [0.4, 0.5) is 0 Å². The molecule has 0 atom stereocenters. The Morgan fingerprint density at radius 2 is 1.32 bits per heavy atom. The van der Waals surface area contributed by atoms with Crippen LogP contribution in [0.2, 0.25) is 0 Å². The molecule has 2 aromatic carbocycles. The van der Waals surface area contributed by atoms with Crippen molar-refractivity contribution in [2.45, 2.75) is 67.2 Å². The lowest BCUT2D eigenvalue weighted by molar-refractivity contribution is -0.137. The molecule has 11 heteroatoms. The molecule has 0 aliphatic carbocycles. The molecule has 5 N–H and O–H groups in total. The number of carboxylic acids is 1. The monoisotopic (exact) mass is 554 g/mol. The third-order valence-corrected chi connectivity index (χ3v) is 5.10. The number of aliphatic carboxylic acids is 1. The van der Waals surface area contributed by atoms with Crippen LogP contribution in [0.25, 0.3) is 0 Å². The van der Waals surface area contributed by atoms with Gasteiger partial charge in [0.2, 0.25) is 0 Å². The zero-order valence-electron chi connectivity index (χ0n) is 23.2. The second-order valence-electron chi connectivity index (χ2n) is 9.79. The van der Waals surface area contributed by atoms with Gasteiger partial charge < -0.3 is 25.2 Å². The highest BCUT2D eigenvalue weighted by Crippen LogP contribution is 2.45. The molecule has 0 saturated heterocycles. The van der Waals surface area contributed by atoms with E-state index >= 15 is 0 Å². The van der Waals surface area contributed by atoms with Crippen LogP contribution in [-0.4, -0.2) is 51.6 Å². The zero-order chi connectivity index (χ0) is 30.2. The number of benzene rings is 2. The standard InChI is InChI=1S/C13H16O3.C8H10O2.C5H8O2.CH4O3S/c1-7-5-9(14)8(2)11-12(7)16-10(15)6-13(11,3)4;1-5-3-8(10)6(2)4-7(5)9;1-4(2)3-5(6)7;1-5(2,3)4/h5,14H,6H2,1-4H3;3-4,9-10H,1-2H3;3H,1-2H3,(H,6,7);1H3,(H,2,3,4). The van der Waals surface area contributed by atoms with Crippen LogP contribution in [0, 0.1) is 27.7 Å². The summed E-state index contributed by atoms with van der Waals surface area (Å²) in [6, 6.07) is 4.73. The first-order valence-corrected chi connectivity index (χ1v) is 13.2. The van der Waals surface area contributed by atoms with Crippen molar-refractivity contribution in [3.63, 3.8) is 0 Å². The van der Waals surface area contributed by atoms with Gasteiger partial charge in [-0.25, -0.2) is 4.79 Å². The molecule has 0 unspecified atom stereocenters. The van der Waals surface area contributed by atoms with Crippen LogP contribution in [0.3, 0.4) is 0 Å².